The predicted molar refractivity (Wildman–Crippen MR) is 90.4 cm³/mol. The number of aryl methyl sites for hydroxylation is 1. The molecule has 22 heavy (non-hydrogen) atoms. The standard InChI is InChI=1S/C18H29NO3/c1-12(2)11-18(6,21-7)17(20)19-15-8-9-16(14(5)10-15)22-13(3)4/h8-10,12-13H,11H2,1-7H3,(H,19,20)/t18-/m0/s1. The fourth-order valence-corrected chi connectivity index (χ4v) is 2.42. The monoisotopic (exact) mass is 307 g/mol. The largest absolute Gasteiger partial charge is 0.491 e. The second-order valence-electron chi connectivity index (χ2n) is 6.63. The van der Waals surface area contributed by atoms with Gasteiger partial charge in [0.15, 0.2) is 0 Å². The van der Waals surface area contributed by atoms with Gasteiger partial charge >= 0.3 is 0 Å². The number of nitrogens with one attached hydrogen (secondary N) is 1. The molecule has 1 N–H and O–H groups in total. The summed E-state index contributed by atoms with van der Waals surface area (Å²) < 4.78 is 11.2. The first-order valence-corrected chi connectivity index (χ1v) is 7.82. The van der Waals surface area contributed by atoms with Crippen LogP contribution in [0, 0.1) is 12.8 Å². The number of anilines is 1. The van der Waals surface area contributed by atoms with Gasteiger partial charge in [0.2, 0.25) is 0 Å². The summed E-state index contributed by atoms with van der Waals surface area (Å²) in [6.07, 6.45) is 0.796. The van der Waals surface area contributed by atoms with Gasteiger partial charge in [-0.1, -0.05) is 13.8 Å². The summed E-state index contributed by atoms with van der Waals surface area (Å²) in [4.78, 5) is 12.5. The Morgan fingerprint density at radius 2 is 1.91 bits per heavy atom. The Hall–Kier alpha value is -1.55. The summed E-state index contributed by atoms with van der Waals surface area (Å²) in [5.41, 5.74) is 0.926. The summed E-state index contributed by atoms with van der Waals surface area (Å²) in [5.74, 6) is 1.09. The van der Waals surface area contributed by atoms with Gasteiger partial charge in [-0.2, -0.15) is 0 Å². The van der Waals surface area contributed by atoms with Crippen LogP contribution in [0.25, 0.3) is 0 Å². The van der Waals surface area contributed by atoms with Crippen LogP contribution in [0.1, 0.15) is 46.6 Å². The Balaban J connectivity index is 2.85. The summed E-state index contributed by atoms with van der Waals surface area (Å²) in [5, 5.41) is 2.94. The van der Waals surface area contributed by atoms with Crippen molar-refractivity contribution in [2.45, 2.75) is 59.7 Å². The molecule has 0 saturated carbocycles. The molecule has 4 nitrogen and oxygen atoms in total. The van der Waals surface area contributed by atoms with Gasteiger partial charge in [0, 0.05) is 12.8 Å². The van der Waals surface area contributed by atoms with Crippen LogP contribution >= 0.6 is 0 Å². The quantitative estimate of drug-likeness (QED) is 0.822. The summed E-state index contributed by atoms with van der Waals surface area (Å²) in [6, 6.07) is 5.66. The molecule has 1 aromatic rings. The van der Waals surface area contributed by atoms with Crippen molar-refractivity contribution in [2.75, 3.05) is 12.4 Å². The van der Waals surface area contributed by atoms with E-state index in [9.17, 15) is 4.79 Å². The molecule has 4 heteroatoms. The Kier molecular flexibility index (Phi) is 6.42. The highest BCUT2D eigenvalue weighted by molar-refractivity contribution is 5.97. The minimum atomic E-state index is -0.824. The second kappa shape index (κ2) is 7.63. The lowest BCUT2D eigenvalue weighted by molar-refractivity contribution is -0.137. The molecule has 1 aromatic carbocycles. The molecule has 0 unspecified atom stereocenters. The van der Waals surface area contributed by atoms with Crippen LogP contribution in [0.3, 0.4) is 0 Å². The first-order valence-electron chi connectivity index (χ1n) is 7.82. The van der Waals surface area contributed by atoms with Crippen molar-refractivity contribution in [3.05, 3.63) is 23.8 Å². The molecule has 0 aliphatic heterocycles. The average Bonchev–Trinajstić information content (AvgIpc) is 2.40. The normalized spacial score (nSPS) is 14.0. The van der Waals surface area contributed by atoms with Gasteiger partial charge in [-0.25, -0.2) is 0 Å². The topological polar surface area (TPSA) is 47.6 Å². The van der Waals surface area contributed by atoms with E-state index in [-0.39, 0.29) is 12.0 Å². The van der Waals surface area contributed by atoms with Crippen molar-refractivity contribution in [1.29, 1.82) is 0 Å². The lowest BCUT2D eigenvalue weighted by atomic mass is 9.93. The molecule has 124 valence electrons. The number of hydrogen-bond acceptors (Lipinski definition) is 3. The number of rotatable bonds is 7. The maximum Gasteiger partial charge on any atom is 0.256 e. The number of ether oxygens (including phenoxy) is 2. The van der Waals surface area contributed by atoms with Gasteiger partial charge in [0.25, 0.3) is 5.91 Å². The lowest BCUT2D eigenvalue weighted by Crippen LogP contribution is -2.43. The van der Waals surface area contributed by atoms with E-state index < -0.39 is 5.60 Å². The zero-order chi connectivity index (χ0) is 16.9. The fraction of sp³-hybridized carbons (Fsp3) is 0.611. The molecule has 1 amide bonds. The van der Waals surface area contributed by atoms with Crippen LogP contribution in [0.2, 0.25) is 0 Å². The van der Waals surface area contributed by atoms with Crippen molar-refractivity contribution in [2.24, 2.45) is 5.92 Å². The van der Waals surface area contributed by atoms with Gasteiger partial charge in [-0.3, -0.25) is 4.79 Å². The van der Waals surface area contributed by atoms with E-state index in [4.69, 9.17) is 9.47 Å². The molecule has 0 spiro atoms. The molecule has 0 radical (unpaired) electrons. The van der Waals surface area contributed by atoms with Crippen LogP contribution in [0.15, 0.2) is 18.2 Å². The highest BCUT2D eigenvalue weighted by atomic mass is 16.5. The molecule has 0 heterocycles. The molecular weight excluding hydrogens is 278 g/mol. The van der Waals surface area contributed by atoms with Crippen molar-refractivity contribution >= 4 is 11.6 Å². The van der Waals surface area contributed by atoms with Crippen LogP contribution in [-0.2, 0) is 9.53 Å². The SMILES string of the molecule is CO[C@@](C)(CC(C)C)C(=O)Nc1ccc(OC(C)C)c(C)c1. The Bertz CT molecular complexity index is 511. The third kappa shape index (κ3) is 5.02. The molecule has 1 rings (SSSR count). The Morgan fingerprint density at radius 3 is 2.36 bits per heavy atom. The van der Waals surface area contributed by atoms with E-state index in [1.54, 1.807) is 7.11 Å². The molecule has 0 aliphatic rings. The lowest BCUT2D eigenvalue weighted by Gasteiger charge is -2.28. The molecule has 0 fully saturated rings. The maximum atomic E-state index is 12.5. The van der Waals surface area contributed by atoms with Gasteiger partial charge in [0.05, 0.1) is 6.10 Å². The van der Waals surface area contributed by atoms with Gasteiger partial charge in [-0.15, -0.1) is 0 Å². The highest BCUT2D eigenvalue weighted by Gasteiger charge is 2.33. The van der Waals surface area contributed by atoms with E-state index >= 15 is 0 Å². The number of hydrogen-bond donors (Lipinski definition) is 1. The molecule has 0 bridgehead atoms. The second-order valence-corrected chi connectivity index (χ2v) is 6.63. The number of carbonyl (C=O) groups excluding carboxylic acids is 1. The number of carbonyl (C=O) groups is 1. The molecule has 0 aliphatic carbocycles. The Labute approximate surface area is 134 Å². The van der Waals surface area contributed by atoms with E-state index in [1.165, 1.54) is 0 Å². The average molecular weight is 307 g/mol. The molecular formula is C18H29NO3. The van der Waals surface area contributed by atoms with Crippen molar-refractivity contribution in [3.63, 3.8) is 0 Å². The summed E-state index contributed by atoms with van der Waals surface area (Å²) in [6.45, 7) is 11.9. The van der Waals surface area contributed by atoms with Crippen LogP contribution in [-0.4, -0.2) is 24.7 Å². The zero-order valence-corrected chi connectivity index (χ0v) is 14.8. The summed E-state index contributed by atoms with van der Waals surface area (Å²) >= 11 is 0. The predicted octanol–water partition coefficient (Wildman–Crippen LogP) is 4.17. The third-order valence-electron chi connectivity index (χ3n) is 3.52. The van der Waals surface area contributed by atoms with Crippen LogP contribution < -0.4 is 10.1 Å². The van der Waals surface area contributed by atoms with Crippen molar-refractivity contribution in [1.82, 2.24) is 0 Å². The Morgan fingerprint density at radius 1 is 1.27 bits per heavy atom. The van der Waals surface area contributed by atoms with Gasteiger partial charge in [0.1, 0.15) is 11.4 Å². The van der Waals surface area contributed by atoms with E-state index in [0.717, 1.165) is 17.0 Å². The molecule has 0 aromatic heterocycles. The first kappa shape index (κ1) is 18.5. The fourth-order valence-electron chi connectivity index (χ4n) is 2.42. The number of methoxy groups -OCH3 is 1. The highest BCUT2D eigenvalue weighted by Crippen LogP contribution is 2.26. The van der Waals surface area contributed by atoms with E-state index in [1.807, 2.05) is 45.9 Å². The number of benzene rings is 1. The zero-order valence-electron chi connectivity index (χ0n) is 14.8. The first-order chi connectivity index (χ1) is 10.2. The van der Waals surface area contributed by atoms with Crippen LogP contribution in [0.4, 0.5) is 5.69 Å². The van der Waals surface area contributed by atoms with Gasteiger partial charge in [-0.05, 0) is 63.8 Å². The molecule has 0 saturated heterocycles. The maximum absolute atomic E-state index is 12.5. The van der Waals surface area contributed by atoms with Gasteiger partial charge < -0.3 is 14.8 Å². The number of amides is 1. The minimum absolute atomic E-state index is 0.124. The van der Waals surface area contributed by atoms with Crippen molar-refractivity contribution < 1.29 is 14.3 Å². The van der Waals surface area contributed by atoms with Crippen LogP contribution in [0.5, 0.6) is 5.75 Å². The summed E-state index contributed by atoms with van der Waals surface area (Å²) in [7, 11) is 1.58. The van der Waals surface area contributed by atoms with E-state index in [0.29, 0.717) is 12.3 Å². The minimum Gasteiger partial charge on any atom is -0.491 e. The van der Waals surface area contributed by atoms with Crippen molar-refractivity contribution in [3.8, 4) is 5.75 Å². The van der Waals surface area contributed by atoms with E-state index in [2.05, 4.69) is 19.2 Å². The molecule has 1 atom stereocenters. The third-order valence-corrected chi connectivity index (χ3v) is 3.52. The smallest absolute Gasteiger partial charge is 0.256 e.